The molecule has 31 heavy (non-hydrogen) atoms. The Balaban J connectivity index is 1.30. The molecule has 1 fully saturated rings. The van der Waals surface area contributed by atoms with Crippen molar-refractivity contribution in [1.82, 2.24) is 20.2 Å². The number of aromatic nitrogens is 2. The fourth-order valence-electron chi connectivity index (χ4n) is 4.12. The number of benzene rings is 1. The van der Waals surface area contributed by atoms with Crippen molar-refractivity contribution < 1.29 is 9.59 Å². The molecule has 0 aliphatic heterocycles. The first-order valence-electron chi connectivity index (χ1n) is 11.3. The van der Waals surface area contributed by atoms with Crippen LogP contribution in [0.25, 0.3) is 10.9 Å². The van der Waals surface area contributed by atoms with E-state index in [-0.39, 0.29) is 23.3 Å². The normalized spacial score (nSPS) is 14.5. The van der Waals surface area contributed by atoms with Crippen LogP contribution in [0.1, 0.15) is 57.8 Å². The van der Waals surface area contributed by atoms with Gasteiger partial charge >= 0.3 is 0 Å². The van der Waals surface area contributed by atoms with Crippen LogP contribution in [0.15, 0.2) is 29.1 Å². The lowest BCUT2D eigenvalue weighted by Gasteiger charge is -2.20. The summed E-state index contributed by atoms with van der Waals surface area (Å²) in [5.41, 5.74) is 0.674. The number of carbonyl (C=O) groups excluding carboxylic acids is 2. The van der Waals surface area contributed by atoms with Crippen molar-refractivity contribution in [2.75, 3.05) is 13.1 Å². The number of hydrogen-bond donors (Lipinski definition) is 3. The van der Waals surface area contributed by atoms with Gasteiger partial charge in [-0.3, -0.25) is 19.0 Å². The summed E-state index contributed by atoms with van der Waals surface area (Å²) in [6.45, 7) is 1.47. The summed E-state index contributed by atoms with van der Waals surface area (Å²) in [6.07, 6.45) is 8.26. The number of aromatic amines is 1. The molecular formula is C23H32N4O3S. The maximum atomic E-state index is 12.6. The summed E-state index contributed by atoms with van der Waals surface area (Å²) in [4.78, 5) is 39.7. The van der Waals surface area contributed by atoms with Crippen LogP contribution in [-0.4, -0.2) is 34.5 Å². The minimum atomic E-state index is -0.0765. The Kier molecular flexibility index (Phi) is 8.82. The van der Waals surface area contributed by atoms with Crippen molar-refractivity contribution in [2.24, 2.45) is 5.92 Å². The highest BCUT2D eigenvalue weighted by atomic mass is 32.1. The van der Waals surface area contributed by atoms with Crippen LogP contribution < -0.4 is 16.2 Å². The highest BCUT2D eigenvalue weighted by molar-refractivity contribution is 7.71. The van der Waals surface area contributed by atoms with Crippen molar-refractivity contribution in [3.8, 4) is 0 Å². The minimum Gasteiger partial charge on any atom is -0.354 e. The number of amides is 2. The molecule has 1 aromatic carbocycles. The molecule has 168 valence electrons. The first kappa shape index (κ1) is 23.2. The van der Waals surface area contributed by atoms with Gasteiger partial charge < -0.3 is 15.6 Å². The van der Waals surface area contributed by atoms with E-state index in [0.717, 1.165) is 50.5 Å². The van der Waals surface area contributed by atoms with E-state index < -0.39 is 0 Å². The van der Waals surface area contributed by atoms with E-state index in [1.165, 1.54) is 6.42 Å². The standard InChI is InChI=1S/C23H32N4O3S/c28-20(24-14-15-25-21(29)17-9-3-1-4-10-17)13-5-2-8-16-27-22(30)18-11-6-7-12-19(18)26-23(27)31/h6-7,11-12,17H,1-5,8-10,13-16H2,(H,24,28)(H,25,29)(H,26,31). The summed E-state index contributed by atoms with van der Waals surface area (Å²) in [6, 6.07) is 7.34. The van der Waals surface area contributed by atoms with Gasteiger partial charge in [-0.2, -0.15) is 0 Å². The number of nitrogens with zero attached hydrogens (tertiary/aromatic N) is 1. The average molecular weight is 445 g/mol. The molecule has 7 nitrogen and oxygen atoms in total. The summed E-state index contributed by atoms with van der Waals surface area (Å²) >= 11 is 5.32. The summed E-state index contributed by atoms with van der Waals surface area (Å²) in [7, 11) is 0. The largest absolute Gasteiger partial charge is 0.354 e. The monoisotopic (exact) mass is 444 g/mol. The van der Waals surface area contributed by atoms with E-state index >= 15 is 0 Å². The van der Waals surface area contributed by atoms with Crippen LogP contribution in [0.4, 0.5) is 0 Å². The molecule has 2 aromatic rings. The topological polar surface area (TPSA) is 96.0 Å². The molecule has 8 heteroatoms. The molecule has 1 aliphatic carbocycles. The van der Waals surface area contributed by atoms with Crippen LogP contribution in [0.2, 0.25) is 0 Å². The Bertz CT molecular complexity index is 1010. The highest BCUT2D eigenvalue weighted by Crippen LogP contribution is 2.23. The van der Waals surface area contributed by atoms with E-state index in [0.29, 0.717) is 36.2 Å². The number of nitrogens with one attached hydrogen (secondary N) is 3. The molecule has 2 amide bonds. The summed E-state index contributed by atoms with van der Waals surface area (Å²) in [5.74, 6) is 0.260. The Morgan fingerprint density at radius 2 is 1.77 bits per heavy atom. The molecule has 0 unspecified atom stereocenters. The van der Waals surface area contributed by atoms with Gasteiger partial charge in [-0.05, 0) is 50.0 Å². The van der Waals surface area contributed by atoms with Gasteiger partial charge in [-0.25, -0.2) is 0 Å². The van der Waals surface area contributed by atoms with Gasteiger partial charge in [0.15, 0.2) is 4.77 Å². The van der Waals surface area contributed by atoms with Gasteiger partial charge in [-0.15, -0.1) is 0 Å². The van der Waals surface area contributed by atoms with Crippen LogP contribution in [0.3, 0.4) is 0 Å². The zero-order chi connectivity index (χ0) is 22.1. The maximum absolute atomic E-state index is 12.6. The van der Waals surface area contributed by atoms with Crippen molar-refractivity contribution in [2.45, 2.75) is 64.3 Å². The Hall–Kier alpha value is -2.48. The third kappa shape index (κ3) is 6.75. The predicted octanol–water partition coefficient (Wildman–Crippen LogP) is 3.43. The fraction of sp³-hybridized carbons (Fsp3) is 0.565. The van der Waals surface area contributed by atoms with Gasteiger partial charge in [0, 0.05) is 32.0 Å². The molecule has 0 bridgehead atoms. The van der Waals surface area contributed by atoms with E-state index in [4.69, 9.17) is 12.2 Å². The molecule has 1 aliphatic rings. The van der Waals surface area contributed by atoms with E-state index in [1.54, 1.807) is 10.6 Å². The second-order valence-electron chi connectivity index (χ2n) is 8.22. The molecule has 0 spiro atoms. The number of unbranched alkanes of at least 4 members (excludes halogenated alkanes) is 2. The van der Waals surface area contributed by atoms with Crippen molar-refractivity contribution in [3.63, 3.8) is 0 Å². The SMILES string of the molecule is O=C(CCCCCn1c(=S)[nH]c2ccccc2c1=O)NCCNC(=O)C1CCCCC1. The maximum Gasteiger partial charge on any atom is 0.262 e. The Morgan fingerprint density at radius 1 is 1.03 bits per heavy atom. The van der Waals surface area contributed by atoms with Gasteiger partial charge in [-0.1, -0.05) is 37.8 Å². The molecular weight excluding hydrogens is 412 g/mol. The lowest BCUT2D eigenvalue weighted by atomic mass is 9.89. The number of H-pyrrole nitrogens is 1. The van der Waals surface area contributed by atoms with Crippen LogP contribution in [0.5, 0.6) is 0 Å². The Labute approximate surface area is 187 Å². The third-order valence-corrected chi connectivity index (χ3v) is 6.22. The second-order valence-corrected chi connectivity index (χ2v) is 8.61. The van der Waals surface area contributed by atoms with Crippen molar-refractivity contribution in [3.05, 3.63) is 39.4 Å². The third-order valence-electron chi connectivity index (χ3n) is 5.90. The molecule has 1 aromatic heterocycles. The molecule has 3 N–H and O–H groups in total. The number of carbonyl (C=O) groups is 2. The van der Waals surface area contributed by atoms with Gasteiger partial charge in [0.05, 0.1) is 10.9 Å². The van der Waals surface area contributed by atoms with Crippen molar-refractivity contribution in [1.29, 1.82) is 0 Å². The first-order valence-corrected chi connectivity index (χ1v) is 11.7. The summed E-state index contributed by atoms with van der Waals surface area (Å²) < 4.78 is 2.02. The quantitative estimate of drug-likeness (QED) is 0.386. The minimum absolute atomic E-state index is 0.00733. The number of hydrogen-bond acceptors (Lipinski definition) is 4. The van der Waals surface area contributed by atoms with Crippen LogP contribution >= 0.6 is 12.2 Å². The highest BCUT2D eigenvalue weighted by Gasteiger charge is 2.20. The van der Waals surface area contributed by atoms with Gasteiger partial charge in [0.25, 0.3) is 5.56 Å². The number of rotatable bonds is 10. The van der Waals surface area contributed by atoms with E-state index in [2.05, 4.69) is 15.6 Å². The second kappa shape index (κ2) is 11.8. The molecule has 1 heterocycles. The lowest BCUT2D eigenvalue weighted by molar-refractivity contribution is -0.126. The van der Waals surface area contributed by atoms with Gasteiger partial charge in [0.2, 0.25) is 11.8 Å². The lowest BCUT2D eigenvalue weighted by Crippen LogP contribution is -2.38. The summed E-state index contributed by atoms with van der Waals surface area (Å²) in [5, 5.41) is 6.41. The fourth-order valence-corrected chi connectivity index (χ4v) is 4.40. The van der Waals surface area contributed by atoms with Crippen molar-refractivity contribution >= 4 is 34.9 Å². The molecule has 3 rings (SSSR count). The van der Waals surface area contributed by atoms with Crippen LogP contribution in [0, 0.1) is 10.7 Å². The van der Waals surface area contributed by atoms with Crippen LogP contribution in [-0.2, 0) is 16.1 Å². The molecule has 0 radical (unpaired) electrons. The molecule has 1 saturated carbocycles. The van der Waals surface area contributed by atoms with E-state index in [1.807, 2.05) is 18.2 Å². The average Bonchev–Trinajstić information content (AvgIpc) is 2.79. The van der Waals surface area contributed by atoms with E-state index in [9.17, 15) is 14.4 Å². The predicted molar refractivity (Wildman–Crippen MR) is 124 cm³/mol. The first-order chi connectivity index (χ1) is 15.1. The molecule has 0 atom stereocenters. The zero-order valence-electron chi connectivity index (χ0n) is 18.0. The number of para-hydroxylation sites is 1. The molecule has 0 saturated heterocycles. The Morgan fingerprint density at radius 3 is 2.58 bits per heavy atom. The number of fused-ring (bicyclic) bond motifs is 1. The van der Waals surface area contributed by atoms with Gasteiger partial charge in [0.1, 0.15) is 0 Å². The zero-order valence-corrected chi connectivity index (χ0v) is 18.8. The smallest absolute Gasteiger partial charge is 0.262 e.